The van der Waals surface area contributed by atoms with Gasteiger partial charge in [0.15, 0.2) is 6.29 Å². The molecule has 0 aliphatic carbocycles. The van der Waals surface area contributed by atoms with E-state index in [9.17, 15) is 0 Å². The standard InChI is InChI=1S/C17H26N4O/c1-14-13-16(19-17(18-2)21(14)4)20(3)11-8-12-22-15-9-6-5-7-10-15/h5-7,9-10,13,17-18H,8,11-12H2,1-4H3. The van der Waals surface area contributed by atoms with Gasteiger partial charge in [0.05, 0.1) is 6.61 Å². The first-order valence-corrected chi connectivity index (χ1v) is 7.67. The third-order valence-electron chi connectivity index (χ3n) is 3.81. The molecule has 0 amide bonds. The highest BCUT2D eigenvalue weighted by Crippen LogP contribution is 2.13. The third kappa shape index (κ3) is 4.24. The van der Waals surface area contributed by atoms with Gasteiger partial charge in [0.2, 0.25) is 0 Å². The van der Waals surface area contributed by atoms with E-state index in [-0.39, 0.29) is 6.29 Å². The van der Waals surface area contributed by atoms with Crippen molar-refractivity contribution in [3.8, 4) is 5.75 Å². The van der Waals surface area contributed by atoms with Gasteiger partial charge in [0.25, 0.3) is 0 Å². The number of hydrogen-bond donors (Lipinski definition) is 1. The van der Waals surface area contributed by atoms with Gasteiger partial charge in [-0.25, -0.2) is 4.99 Å². The maximum atomic E-state index is 5.72. The van der Waals surface area contributed by atoms with Crippen LogP contribution < -0.4 is 10.1 Å². The van der Waals surface area contributed by atoms with Crippen LogP contribution in [0.25, 0.3) is 0 Å². The molecule has 0 fully saturated rings. The van der Waals surface area contributed by atoms with Gasteiger partial charge >= 0.3 is 0 Å². The summed E-state index contributed by atoms with van der Waals surface area (Å²) in [6, 6.07) is 9.93. The lowest BCUT2D eigenvalue weighted by Crippen LogP contribution is -2.44. The molecule has 1 N–H and O–H groups in total. The van der Waals surface area contributed by atoms with Crippen LogP contribution in [0.1, 0.15) is 13.3 Å². The summed E-state index contributed by atoms with van der Waals surface area (Å²) in [4.78, 5) is 9.01. The van der Waals surface area contributed by atoms with Crippen LogP contribution >= 0.6 is 0 Å². The summed E-state index contributed by atoms with van der Waals surface area (Å²) in [5.41, 5.74) is 1.21. The van der Waals surface area contributed by atoms with E-state index in [1.807, 2.05) is 44.4 Å². The van der Waals surface area contributed by atoms with Gasteiger partial charge in [0, 0.05) is 26.3 Å². The van der Waals surface area contributed by atoms with Crippen LogP contribution in [0.15, 0.2) is 47.1 Å². The van der Waals surface area contributed by atoms with Crippen LogP contribution in [0.2, 0.25) is 0 Å². The van der Waals surface area contributed by atoms with Crippen molar-refractivity contribution in [2.75, 3.05) is 34.3 Å². The second-order valence-electron chi connectivity index (χ2n) is 5.48. The maximum Gasteiger partial charge on any atom is 0.177 e. The molecule has 1 heterocycles. The molecule has 0 saturated carbocycles. The largest absolute Gasteiger partial charge is 0.494 e. The van der Waals surface area contributed by atoms with Gasteiger partial charge in [-0.2, -0.15) is 0 Å². The van der Waals surface area contributed by atoms with E-state index in [1.165, 1.54) is 5.70 Å². The molecular weight excluding hydrogens is 276 g/mol. The maximum absolute atomic E-state index is 5.72. The molecule has 0 radical (unpaired) electrons. The molecule has 1 aliphatic heterocycles. The minimum atomic E-state index is 0.00280. The minimum Gasteiger partial charge on any atom is -0.494 e. The number of nitrogens with zero attached hydrogens (tertiary/aromatic N) is 3. The predicted molar refractivity (Wildman–Crippen MR) is 91.0 cm³/mol. The molecule has 120 valence electrons. The van der Waals surface area contributed by atoms with Crippen LogP contribution in [0.3, 0.4) is 0 Å². The van der Waals surface area contributed by atoms with Gasteiger partial charge in [-0.3, -0.25) is 5.32 Å². The van der Waals surface area contributed by atoms with Gasteiger partial charge in [-0.1, -0.05) is 18.2 Å². The summed E-state index contributed by atoms with van der Waals surface area (Å²) < 4.78 is 5.72. The molecule has 22 heavy (non-hydrogen) atoms. The zero-order chi connectivity index (χ0) is 15.9. The summed E-state index contributed by atoms with van der Waals surface area (Å²) in [5, 5.41) is 3.20. The van der Waals surface area contributed by atoms with Crippen molar-refractivity contribution in [2.24, 2.45) is 4.99 Å². The molecule has 1 aromatic rings. The third-order valence-corrected chi connectivity index (χ3v) is 3.81. The van der Waals surface area contributed by atoms with Crippen molar-refractivity contribution in [1.29, 1.82) is 0 Å². The second-order valence-corrected chi connectivity index (χ2v) is 5.48. The van der Waals surface area contributed by atoms with Crippen LogP contribution in [-0.4, -0.2) is 56.2 Å². The van der Waals surface area contributed by atoms with E-state index in [0.717, 1.165) is 24.6 Å². The van der Waals surface area contributed by atoms with Crippen molar-refractivity contribution in [2.45, 2.75) is 19.6 Å². The monoisotopic (exact) mass is 302 g/mol. The second kappa shape index (κ2) is 7.84. The average molecular weight is 302 g/mol. The summed E-state index contributed by atoms with van der Waals surface area (Å²) in [6.07, 6.45) is 3.08. The van der Waals surface area contributed by atoms with Crippen molar-refractivity contribution in [3.05, 3.63) is 42.1 Å². The number of hydrogen-bond acceptors (Lipinski definition) is 5. The Bertz CT molecular complexity index is 527. The number of likely N-dealkylation sites (N-methyl/N-ethyl adjacent to an activating group) is 1. The van der Waals surface area contributed by atoms with Gasteiger partial charge in [-0.05, 0) is 38.6 Å². The number of ether oxygens (including phenoxy) is 1. The van der Waals surface area contributed by atoms with E-state index < -0.39 is 0 Å². The van der Waals surface area contributed by atoms with Crippen LogP contribution in [0, 0.1) is 0 Å². The van der Waals surface area contributed by atoms with Gasteiger partial charge < -0.3 is 14.5 Å². The van der Waals surface area contributed by atoms with E-state index in [4.69, 9.17) is 9.73 Å². The quantitative estimate of drug-likeness (QED) is 0.817. The molecule has 1 unspecified atom stereocenters. The summed E-state index contributed by atoms with van der Waals surface area (Å²) in [7, 11) is 6.04. The van der Waals surface area contributed by atoms with E-state index in [1.54, 1.807) is 0 Å². The Hall–Kier alpha value is -2.01. The Kier molecular flexibility index (Phi) is 5.83. The molecule has 0 spiro atoms. The molecule has 0 aromatic heterocycles. The number of aliphatic imine (C=N–C) groups is 1. The van der Waals surface area contributed by atoms with E-state index in [0.29, 0.717) is 6.61 Å². The average Bonchev–Trinajstić information content (AvgIpc) is 2.54. The Labute approximate surface area is 133 Å². The van der Waals surface area contributed by atoms with E-state index >= 15 is 0 Å². The van der Waals surface area contributed by atoms with Crippen molar-refractivity contribution in [3.63, 3.8) is 0 Å². The Morgan fingerprint density at radius 1 is 1.32 bits per heavy atom. The first-order chi connectivity index (χ1) is 10.6. The number of para-hydroxylation sites is 1. The lowest BCUT2D eigenvalue weighted by atomic mass is 10.3. The van der Waals surface area contributed by atoms with E-state index in [2.05, 4.69) is 35.2 Å². The molecule has 1 aliphatic rings. The van der Waals surface area contributed by atoms with Crippen molar-refractivity contribution < 1.29 is 4.74 Å². The number of allylic oxidation sites excluding steroid dienone is 1. The Morgan fingerprint density at radius 2 is 2.05 bits per heavy atom. The Morgan fingerprint density at radius 3 is 2.73 bits per heavy atom. The highest BCUT2D eigenvalue weighted by molar-refractivity contribution is 5.94. The van der Waals surface area contributed by atoms with Crippen LogP contribution in [0.4, 0.5) is 0 Å². The van der Waals surface area contributed by atoms with Crippen molar-refractivity contribution in [1.82, 2.24) is 15.1 Å². The zero-order valence-electron chi connectivity index (χ0n) is 13.9. The molecule has 5 nitrogen and oxygen atoms in total. The number of amidine groups is 1. The molecule has 1 atom stereocenters. The summed E-state index contributed by atoms with van der Waals surface area (Å²) in [6.45, 7) is 3.72. The number of nitrogens with one attached hydrogen (secondary N) is 1. The highest BCUT2D eigenvalue weighted by Gasteiger charge is 2.19. The topological polar surface area (TPSA) is 40.1 Å². The lowest BCUT2D eigenvalue weighted by Gasteiger charge is -2.33. The SMILES string of the molecule is CNC1N=C(N(C)CCCOc2ccccc2)C=C(C)N1C. The van der Waals surface area contributed by atoms with Crippen LogP contribution in [0.5, 0.6) is 5.75 Å². The van der Waals surface area contributed by atoms with Crippen molar-refractivity contribution >= 4 is 5.84 Å². The smallest absolute Gasteiger partial charge is 0.177 e. The lowest BCUT2D eigenvalue weighted by molar-refractivity contribution is 0.265. The zero-order valence-corrected chi connectivity index (χ0v) is 13.9. The fourth-order valence-corrected chi connectivity index (χ4v) is 2.32. The fraction of sp³-hybridized carbons (Fsp3) is 0.471. The van der Waals surface area contributed by atoms with Crippen LogP contribution in [-0.2, 0) is 0 Å². The first-order valence-electron chi connectivity index (χ1n) is 7.67. The molecular formula is C17H26N4O. The highest BCUT2D eigenvalue weighted by atomic mass is 16.5. The normalized spacial score (nSPS) is 17.8. The number of rotatable bonds is 6. The molecule has 0 saturated heterocycles. The minimum absolute atomic E-state index is 0.00280. The van der Waals surface area contributed by atoms with Gasteiger partial charge in [0.1, 0.15) is 11.6 Å². The first kappa shape index (κ1) is 16.4. The summed E-state index contributed by atoms with van der Waals surface area (Å²) >= 11 is 0. The molecule has 2 rings (SSSR count). The Balaban J connectivity index is 1.81. The molecule has 1 aromatic carbocycles. The predicted octanol–water partition coefficient (Wildman–Crippen LogP) is 2.14. The molecule has 0 bridgehead atoms. The molecule has 5 heteroatoms. The fourth-order valence-electron chi connectivity index (χ4n) is 2.32. The number of benzene rings is 1. The van der Waals surface area contributed by atoms with Gasteiger partial charge in [-0.15, -0.1) is 0 Å². The summed E-state index contributed by atoms with van der Waals surface area (Å²) in [5.74, 6) is 1.93.